The number of hydroxylamine groups is 2. The Morgan fingerprint density at radius 1 is 1.33 bits per heavy atom. The summed E-state index contributed by atoms with van der Waals surface area (Å²) in [5.74, 6) is -0.107. The van der Waals surface area contributed by atoms with Crippen molar-refractivity contribution >= 4 is 11.8 Å². The maximum Gasteiger partial charge on any atom is 0.249 e. The van der Waals surface area contributed by atoms with Crippen molar-refractivity contribution in [1.82, 2.24) is 9.96 Å². The molecule has 2 saturated heterocycles. The molecule has 2 aliphatic heterocycles. The predicted molar refractivity (Wildman–Crippen MR) is 73.9 cm³/mol. The Balaban J connectivity index is 1.41. The second-order valence-electron chi connectivity index (χ2n) is 5.57. The Labute approximate surface area is 123 Å². The van der Waals surface area contributed by atoms with Crippen LogP contribution in [0.15, 0.2) is 30.3 Å². The zero-order valence-electron chi connectivity index (χ0n) is 11.9. The third-order valence-corrected chi connectivity index (χ3v) is 3.80. The smallest absolute Gasteiger partial charge is 0.249 e. The molecular formula is C15H18N2O4. The molecule has 0 radical (unpaired) electrons. The highest BCUT2D eigenvalue weighted by molar-refractivity contribution is 5.81. The van der Waals surface area contributed by atoms with Gasteiger partial charge in [0.15, 0.2) is 0 Å². The average Bonchev–Trinajstić information content (AvgIpc) is 2.74. The molecule has 21 heavy (non-hydrogen) atoms. The maximum absolute atomic E-state index is 12.0. The molecule has 2 amide bonds. The molecule has 2 heterocycles. The maximum atomic E-state index is 12.0. The minimum atomic E-state index is -0.499. The van der Waals surface area contributed by atoms with Gasteiger partial charge in [-0.2, -0.15) is 0 Å². The quantitative estimate of drug-likeness (QED) is 0.814. The van der Waals surface area contributed by atoms with Crippen LogP contribution in [0, 0.1) is 0 Å². The van der Waals surface area contributed by atoms with Crippen molar-refractivity contribution < 1.29 is 19.2 Å². The van der Waals surface area contributed by atoms with Gasteiger partial charge in [0.05, 0.1) is 26.1 Å². The van der Waals surface area contributed by atoms with E-state index >= 15 is 0 Å². The average molecular weight is 290 g/mol. The van der Waals surface area contributed by atoms with Gasteiger partial charge in [-0.1, -0.05) is 30.3 Å². The molecule has 3 rings (SSSR count). The number of rotatable bonds is 4. The first-order chi connectivity index (χ1) is 10.1. The van der Waals surface area contributed by atoms with Crippen LogP contribution < -0.4 is 0 Å². The van der Waals surface area contributed by atoms with E-state index in [-0.39, 0.29) is 18.4 Å². The number of hydrogen-bond donors (Lipinski definition) is 0. The van der Waals surface area contributed by atoms with Crippen molar-refractivity contribution in [2.24, 2.45) is 0 Å². The standard InChI is InChI=1S/C15H18N2O4/c1-16-13(18)7-15(21-16)10-17(11-15)14(19)9-20-8-12-5-3-2-4-6-12/h2-6H,7-11H2,1H3. The lowest BCUT2D eigenvalue weighted by Gasteiger charge is -2.45. The lowest BCUT2D eigenvalue weighted by molar-refractivity contribution is -0.227. The Morgan fingerprint density at radius 3 is 2.67 bits per heavy atom. The van der Waals surface area contributed by atoms with Gasteiger partial charge in [-0.15, -0.1) is 0 Å². The van der Waals surface area contributed by atoms with Crippen LogP contribution in [-0.4, -0.2) is 54.1 Å². The SMILES string of the molecule is CN1OC2(CC1=O)CN(C(=O)COCc1ccccc1)C2. The van der Waals surface area contributed by atoms with Crippen LogP contribution in [-0.2, 0) is 25.8 Å². The Kier molecular flexibility index (Phi) is 3.65. The van der Waals surface area contributed by atoms with Gasteiger partial charge in [0.2, 0.25) is 11.8 Å². The first-order valence-electron chi connectivity index (χ1n) is 6.93. The molecule has 112 valence electrons. The van der Waals surface area contributed by atoms with Crippen molar-refractivity contribution in [1.29, 1.82) is 0 Å². The van der Waals surface area contributed by atoms with Crippen LogP contribution in [0.5, 0.6) is 0 Å². The number of nitrogens with zero attached hydrogens (tertiary/aromatic N) is 2. The first-order valence-corrected chi connectivity index (χ1v) is 6.93. The van der Waals surface area contributed by atoms with E-state index in [1.165, 1.54) is 5.06 Å². The van der Waals surface area contributed by atoms with E-state index in [1.807, 2.05) is 30.3 Å². The van der Waals surface area contributed by atoms with E-state index in [2.05, 4.69) is 0 Å². The largest absolute Gasteiger partial charge is 0.367 e. The van der Waals surface area contributed by atoms with Gasteiger partial charge in [-0.05, 0) is 5.56 Å². The summed E-state index contributed by atoms with van der Waals surface area (Å²) in [6.07, 6.45) is 0.345. The van der Waals surface area contributed by atoms with Gasteiger partial charge >= 0.3 is 0 Å². The first kappa shape index (κ1) is 14.0. The van der Waals surface area contributed by atoms with Crippen LogP contribution in [0.25, 0.3) is 0 Å². The molecule has 1 spiro atoms. The Hall–Kier alpha value is -1.92. The normalized spacial score (nSPS) is 20.0. The predicted octanol–water partition coefficient (Wildman–Crippen LogP) is 0.578. The summed E-state index contributed by atoms with van der Waals surface area (Å²) < 4.78 is 5.42. The van der Waals surface area contributed by atoms with E-state index in [9.17, 15) is 9.59 Å². The second kappa shape index (κ2) is 5.46. The fraction of sp³-hybridized carbons (Fsp3) is 0.467. The summed E-state index contributed by atoms with van der Waals surface area (Å²) in [5.41, 5.74) is 0.540. The van der Waals surface area contributed by atoms with Crippen LogP contribution in [0.2, 0.25) is 0 Å². The number of amides is 2. The summed E-state index contributed by atoms with van der Waals surface area (Å²) in [5, 5.41) is 1.26. The number of carbonyl (C=O) groups excluding carboxylic acids is 2. The fourth-order valence-electron chi connectivity index (χ4n) is 2.68. The molecule has 2 fully saturated rings. The third-order valence-electron chi connectivity index (χ3n) is 3.80. The van der Waals surface area contributed by atoms with Gasteiger partial charge < -0.3 is 9.64 Å². The Bertz CT molecular complexity index is 540. The Morgan fingerprint density at radius 2 is 2.05 bits per heavy atom. The molecule has 0 unspecified atom stereocenters. The number of carbonyl (C=O) groups is 2. The van der Waals surface area contributed by atoms with Gasteiger partial charge in [0, 0.05) is 7.05 Å². The minimum Gasteiger partial charge on any atom is -0.367 e. The van der Waals surface area contributed by atoms with Crippen molar-refractivity contribution in [3.63, 3.8) is 0 Å². The van der Waals surface area contributed by atoms with Gasteiger partial charge in [-0.3, -0.25) is 14.4 Å². The number of ether oxygens (including phenoxy) is 1. The molecule has 0 aliphatic carbocycles. The topological polar surface area (TPSA) is 59.1 Å². The molecule has 1 aromatic carbocycles. The zero-order valence-corrected chi connectivity index (χ0v) is 11.9. The molecule has 0 atom stereocenters. The molecule has 0 saturated carbocycles. The lowest BCUT2D eigenvalue weighted by atomic mass is 9.91. The van der Waals surface area contributed by atoms with E-state index in [4.69, 9.17) is 9.57 Å². The molecule has 2 aliphatic rings. The summed E-state index contributed by atoms with van der Waals surface area (Å²) in [7, 11) is 1.60. The van der Waals surface area contributed by atoms with Gasteiger partial charge in [0.25, 0.3) is 0 Å². The van der Waals surface area contributed by atoms with Crippen molar-refractivity contribution in [3.8, 4) is 0 Å². The van der Waals surface area contributed by atoms with E-state index in [0.29, 0.717) is 26.1 Å². The third kappa shape index (κ3) is 2.91. The van der Waals surface area contributed by atoms with Crippen molar-refractivity contribution in [2.75, 3.05) is 26.7 Å². The second-order valence-corrected chi connectivity index (χ2v) is 5.57. The minimum absolute atomic E-state index is 0.0394. The highest BCUT2D eigenvalue weighted by Gasteiger charge is 2.53. The highest BCUT2D eigenvalue weighted by Crippen LogP contribution is 2.34. The zero-order chi connectivity index (χ0) is 14.9. The monoisotopic (exact) mass is 290 g/mol. The van der Waals surface area contributed by atoms with E-state index in [0.717, 1.165) is 5.56 Å². The van der Waals surface area contributed by atoms with Crippen LogP contribution in [0.1, 0.15) is 12.0 Å². The van der Waals surface area contributed by atoms with Crippen LogP contribution in [0.4, 0.5) is 0 Å². The van der Waals surface area contributed by atoms with Crippen LogP contribution in [0.3, 0.4) is 0 Å². The lowest BCUT2D eigenvalue weighted by Crippen LogP contribution is -2.64. The molecule has 6 heteroatoms. The van der Waals surface area contributed by atoms with Crippen molar-refractivity contribution in [2.45, 2.75) is 18.6 Å². The summed E-state index contributed by atoms with van der Waals surface area (Å²) in [6.45, 7) is 1.38. The summed E-state index contributed by atoms with van der Waals surface area (Å²) in [4.78, 5) is 30.6. The highest BCUT2D eigenvalue weighted by atomic mass is 16.7. The van der Waals surface area contributed by atoms with E-state index < -0.39 is 5.60 Å². The van der Waals surface area contributed by atoms with Crippen LogP contribution >= 0.6 is 0 Å². The van der Waals surface area contributed by atoms with Crippen molar-refractivity contribution in [3.05, 3.63) is 35.9 Å². The number of hydrogen-bond acceptors (Lipinski definition) is 4. The van der Waals surface area contributed by atoms with Gasteiger partial charge in [-0.25, -0.2) is 5.06 Å². The molecule has 0 bridgehead atoms. The van der Waals surface area contributed by atoms with Gasteiger partial charge in [0.1, 0.15) is 12.2 Å². The fourth-order valence-corrected chi connectivity index (χ4v) is 2.68. The molecule has 6 nitrogen and oxygen atoms in total. The molecule has 0 aromatic heterocycles. The molecule has 0 N–H and O–H groups in total. The molecule has 1 aromatic rings. The summed E-state index contributed by atoms with van der Waals surface area (Å²) in [6, 6.07) is 9.72. The number of benzene rings is 1. The number of likely N-dealkylation sites (tertiary alicyclic amines) is 1. The van der Waals surface area contributed by atoms with E-state index in [1.54, 1.807) is 11.9 Å². The molecular weight excluding hydrogens is 272 g/mol. The summed E-state index contributed by atoms with van der Waals surface area (Å²) >= 11 is 0.